The van der Waals surface area contributed by atoms with Crippen LogP contribution in [0.3, 0.4) is 0 Å². The lowest BCUT2D eigenvalue weighted by atomic mass is 10.1. The van der Waals surface area contributed by atoms with E-state index in [4.69, 9.17) is 4.74 Å². The summed E-state index contributed by atoms with van der Waals surface area (Å²) < 4.78 is 7.07. The first-order chi connectivity index (χ1) is 10.1. The molecule has 0 saturated carbocycles. The standard InChI is InChI=1S/C15H16N2O4/c1-9-4-5-11(12(18)7-9)17-14(13-3-2-6-21-13)10(8-16-17)15(19)20/h4-5,7-8,13,18H,2-3,6H2,1H3,(H,19,20). The summed E-state index contributed by atoms with van der Waals surface area (Å²) >= 11 is 0. The molecule has 1 unspecified atom stereocenters. The second-order valence-electron chi connectivity index (χ2n) is 5.15. The third kappa shape index (κ3) is 2.38. The normalized spacial score (nSPS) is 18.0. The first kappa shape index (κ1) is 13.6. The third-order valence-corrected chi connectivity index (χ3v) is 3.63. The van der Waals surface area contributed by atoms with Crippen LogP contribution in [0.4, 0.5) is 0 Å². The van der Waals surface area contributed by atoms with Gasteiger partial charge >= 0.3 is 5.97 Å². The SMILES string of the molecule is Cc1ccc(-n2ncc(C(=O)O)c2C2CCCO2)c(O)c1. The molecular weight excluding hydrogens is 272 g/mol. The number of aromatic carboxylic acids is 1. The van der Waals surface area contributed by atoms with Crippen molar-refractivity contribution in [3.05, 3.63) is 41.2 Å². The van der Waals surface area contributed by atoms with E-state index < -0.39 is 5.97 Å². The van der Waals surface area contributed by atoms with Crippen LogP contribution in [0.25, 0.3) is 5.69 Å². The van der Waals surface area contributed by atoms with Crippen molar-refractivity contribution in [3.63, 3.8) is 0 Å². The molecule has 6 heteroatoms. The van der Waals surface area contributed by atoms with Crippen molar-refractivity contribution in [1.29, 1.82) is 0 Å². The predicted molar refractivity (Wildman–Crippen MR) is 74.9 cm³/mol. The number of ether oxygens (including phenoxy) is 1. The first-order valence-corrected chi connectivity index (χ1v) is 6.80. The molecule has 1 atom stereocenters. The van der Waals surface area contributed by atoms with Crippen LogP contribution >= 0.6 is 0 Å². The highest BCUT2D eigenvalue weighted by Gasteiger charge is 2.29. The summed E-state index contributed by atoms with van der Waals surface area (Å²) in [5.41, 5.74) is 1.97. The van der Waals surface area contributed by atoms with Gasteiger partial charge in [0, 0.05) is 6.61 Å². The second kappa shape index (κ2) is 5.21. The van der Waals surface area contributed by atoms with E-state index in [9.17, 15) is 15.0 Å². The predicted octanol–water partition coefficient (Wildman–Crippen LogP) is 2.44. The minimum atomic E-state index is -1.04. The summed E-state index contributed by atoms with van der Waals surface area (Å²) in [6.45, 7) is 2.48. The van der Waals surface area contributed by atoms with E-state index in [1.165, 1.54) is 10.9 Å². The van der Waals surface area contributed by atoms with E-state index in [-0.39, 0.29) is 17.4 Å². The van der Waals surface area contributed by atoms with Crippen LogP contribution in [-0.4, -0.2) is 32.6 Å². The molecule has 0 spiro atoms. The quantitative estimate of drug-likeness (QED) is 0.906. The number of phenolic OH excluding ortho intramolecular Hbond substituents is 1. The van der Waals surface area contributed by atoms with E-state index in [0.29, 0.717) is 18.0 Å². The molecule has 3 rings (SSSR count). The van der Waals surface area contributed by atoms with Gasteiger partial charge in [-0.05, 0) is 37.5 Å². The van der Waals surface area contributed by atoms with Crippen LogP contribution in [-0.2, 0) is 4.74 Å². The molecule has 110 valence electrons. The lowest BCUT2D eigenvalue weighted by Gasteiger charge is -2.15. The molecule has 2 aromatic rings. The minimum absolute atomic E-state index is 0.0642. The Bertz CT molecular complexity index is 687. The summed E-state index contributed by atoms with van der Waals surface area (Å²) in [4.78, 5) is 11.4. The lowest BCUT2D eigenvalue weighted by molar-refractivity contribution is 0.0679. The molecule has 6 nitrogen and oxygen atoms in total. The highest BCUT2D eigenvalue weighted by molar-refractivity contribution is 5.89. The van der Waals surface area contributed by atoms with Gasteiger partial charge in [-0.2, -0.15) is 5.10 Å². The Balaban J connectivity index is 2.15. The Hall–Kier alpha value is -2.34. The Morgan fingerprint density at radius 2 is 2.29 bits per heavy atom. The first-order valence-electron chi connectivity index (χ1n) is 6.80. The Kier molecular flexibility index (Phi) is 3.39. The molecular formula is C15H16N2O4. The number of carbonyl (C=O) groups is 1. The van der Waals surface area contributed by atoms with Crippen LogP contribution in [0.15, 0.2) is 24.4 Å². The molecule has 2 N–H and O–H groups in total. The third-order valence-electron chi connectivity index (χ3n) is 3.63. The maximum absolute atomic E-state index is 11.4. The van der Waals surface area contributed by atoms with Gasteiger partial charge in [0.05, 0.1) is 11.9 Å². The molecule has 0 amide bonds. The molecule has 1 aromatic heterocycles. The zero-order valence-corrected chi connectivity index (χ0v) is 11.6. The number of nitrogens with zero attached hydrogens (tertiary/aromatic N) is 2. The molecule has 0 radical (unpaired) electrons. The summed E-state index contributed by atoms with van der Waals surface area (Å²) in [6.07, 6.45) is 2.63. The zero-order valence-electron chi connectivity index (χ0n) is 11.6. The number of aromatic nitrogens is 2. The number of benzene rings is 1. The molecule has 2 heterocycles. The average molecular weight is 288 g/mol. The lowest BCUT2D eigenvalue weighted by Crippen LogP contribution is -2.11. The summed E-state index contributed by atoms with van der Waals surface area (Å²) in [5.74, 6) is -0.979. The summed E-state index contributed by atoms with van der Waals surface area (Å²) in [6, 6.07) is 5.19. The van der Waals surface area contributed by atoms with Crippen molar-refractivity contribution < 1.29 is 19.7 Å². The van der Waals surface area contributed by atoms with Crippen LogP contribution < -0.4 is 0 Å². The number of aromatic hydroxyl groups is 1. The molecule has 0 aliphatic carbocycles. The van der Waals surface area contributed by atoms with Crippen molar-refractivity contribution >= 4 is 5.97 Å². The largest absolute Gasteiger partial charge is 0.506 e. The number of carboxylic acids is 1. The van der Waals surface area contributed by atoms with Crippen LogP contribution in [0.5, 0.6) is 5.75 Å². The molecule has 1 aliphatic rings. The van der Waals surface area contributed by atoms with Crippen LogP contribution in [0.1, 0.15) is 40.6 Å². The fourth-order valence-electron chi connectivity index (χ4n) is 2.63. The van der Waals surface area contributed by atoms with Gasteiger partial charge in [-0.15, -0.1) is 0 Å². The fourth-order valence-corrected chi connectivity index (χ4v) is 2.63. The van der Waals surface area contributed by atoms with Crippen molar-refractivity contribution in [2.75, 3.05) is 6.61 Å². The highest BCUT2D eigenvalue weighted by Crippen LogP contribution is 2.34. The van der Waals surface area contributed by atoms with Gasteiger partial charge in [0.2, 0.25) is 0 Å². The number of aryl methyl sites for hydroxylation is 1. The smallest absolute Gasteiger partial charge is 0.339 e. The van der Waals surface area contributed by atoms with Crippen molar-refractivity contribution in [2.24, 2.45) is 0 Å². The van der Waals surface area contributed by atoms with Gasteiger partial charge in [0.15, 0.2) is 0 Å². The minimum Gasteiger partial charge on any atom is -0.506 e. The average Bonchev–Trinajstić information content (AvgIpc) is 3.06. The molecule has 0 bridgehead atoms. The Morgan fingerprint density at radius 1 is 1.48 bits per heavy atom. The van der Waals surface area contributed by atoms with E-state index in [1.807, 2.05) is 13.0 Å². The summed E-state index contributed by atoms with van der Waals surface area (Å²) in [5, 5.41) is 23.6. The van der Waals surface area contributed by atoms with Gasteiger partial charge in [0.1, 0.15) is 23.1 Å². The second-order valence-corrected chi connectivity index (χ2v) is 5.15. The van der Waals surface area contributed by atoms with Crippen molar-refractivity contribution in [3.8, 4) is 11.4 Å². The molecule has 1 aromatic carbocycles. The van der Waals surface area contributed by atoms with Gasteiger partial charge < -0.3 is 14.9 Å². The van der Waals surface area contributed by atoms with Gasteiger partial charge in [-0.25, -0.2) is 9.48 Å². The van der Waals surface area contributed by atoms with E-state index in [0.717, 1.165) is 18.4 Å². The monoisotopic (exact) mass is 288 g/mol. The van der Waals surface area contributed by atoms with E-state index in [2.05, 4.69) is 5.10 Å². The summed E-state index contributed by atoms with van der Waals surface area (Å²) in [7, 11) is 0. The topological polar surface area (TPSA) is 84.6 Å². The maximum Gasteiger partial charge on any atom is 0.339 e. The fraction of sp³-hybridized carbons (Fsp3) is 0.333. The molecule has 21 heavy (non-hydrogen) atoms. The van der Waals surface area contributed by atoms with Crippen LogP contribution in [0.2, 0.25) is 0 Å². The highest BCUT2D eigenvalue weighted by atomic mass is 16.5. The number of hydrogen-bond acceptors (Lipinski definition) is 4. The van der Waals surface area contributed by atoms with Crippen LogP contribution in [0, 0.1) is 6.92 Å². The number of rotatable bonds is 3. The van der Waals surface area contributed by atoms with Gasteiger partial charge in [-0.1, -0.05) is 6.07 Å². The molecule has 1 aliphatic heterocycles. The van der Waals surface area contributed by atoms with E-state index in [1.54, 1.807) is 12.1 Å². The Morgan fingerprint density at radius 3 is 2.90 bits per heavy atom. The van der Waals surface area contributed by atoms with E-state index >= 15 is 0 Å². The maximum atomic E-state index is 11.4. The number of hydrogen-bond donors (Lipinski definition) is 2. The van der Waals surface area contributed by atoms with Crippen molar-refractivity contribution in [1.82, 2.24) is 9.78 Å². The Labute approximate surface area is 121 Å². The van der Waals surface area contributed by atoms with Gasteiger partial charge in [0.25, 0.3) is 0 Å². The molecule has 1 saturated heterocycles. The number of carboxylic acid groups (broad SMARTS) is 1. The zero-order chi connectivity index (χ0) is 15.0. The van der Waals surface area contributed by atoms with Gasteiger partial charge in [-0.3, -0.25) is 0 Å². The molecule has 1 fully saturated rings. The number of phenols is 1. The van der Waals surface area contributed by atoms with Crippen molar-refractivity contribution in [2.45, 2.75) is 25.9 Å².